The van der Waals surface area contributed by atoms with Gasteiger partial charge in [-0.3, -0.25) is 9.59 Å². The third kappa shape index (κ3) is 6.00. The van der Waals surface area contributed by atoms with Crippen molar-refractivity contribution in [1.82, 2.24) is 10.6 Å². The SMILES string of the molecule is CCC(C)[C@H](NC(=O)[C@H](Cc1ccccc1)NC(=O)CN)C(=O)O. The predicted molar refractivity (Wildman–Crippen MR) is 90.2 cm³/mol. The molecular weight excluding hydrogens is 310 g/mol. The van der Waals surface area contributed by atoms with Gasteiger partial charge in [-0.25, -0.2) is 4.79 Å². The van der Waals surface area contributed by atoms with Gasteiger partial charge < -0.3 is 21.5 Å². The highest BCUT2D eigenvalue weighted by Gasteiger charge is 2.29. The smallest absolute Gasteiger partial charge is 0.326 e. The highest BCUT2D eigenvalue weighted by atomic mass is 16.4. The number of carboxylic acids is 1. The third-order valence-corrected chi connectivity index (χ3v) is 3.90. The van der Waals surface area contributed by atoms with Crippen molar-refractivity contribution in [2.24, 2.45) is 11.7 Å². The van der Waals surface area contributed by atoms with Gasteiger partial charge in [-0.05, 0) is 11.5 Å². The lowest BCUT2D eigenvalue weighted by Crippen LogP contribution is -2.54. The van der Waals surface area contributed by atoms with Gasteiger partial charge in [-0.2, -0.15) is 0 Å². The third-order valence-electron chi connectivity index (χ3n) is 3.90. The van der Waals surface area contributed by atoms with Gasteiger partial charge in [0, 0.05) is 6.42 Å². The summed E-state index contributed by atoms with van der Waals surface area (Å²) in [5, 5.41) is 14.4. The normalized spacial score (nSPS) is 14.3. The Kier molecular flexibility index (Phi) is 7.91. The van der Waals surface area contributed by atoms with Gasteiger partial charge in [-0.15, -0.1) is 0 Å². The van der Waals surface area contributed by atoms with Crippen LogP contribution < -0.4 is 16.4 Å². The van der Waals surface area contributed by atoms with Crippen molar-refractivity contribution in [2.45, 2.75) is 38.8 Å². The molecule has 5 N–H and O–H groups in total. The van der Waals surface area contributed by atoms with E-state index in [1.54, 1.807) is 6.92 Å². The average Bonchev–Trinajstić information content (AvgIpc) is 2.58. The summed E-state index contributed by atoms with van der Waals surface area (Å²) in [4.78, 5) is 35.5. The molecule has 3 atom stereocenters. The van der Waals surface area contributed by atoms with E-state index in [-0.39, 0.29) is 18.9 Å². The molecule has 0 aliphatic heterocycles. The van der Waals surface area contributed by atoms with E-state index in [0.29, 0.717) is 6.42 Å². The summed E-state index contributed by atoms with van der Waals surface area (Å²) < 4.78 is 0. The molecule has 1 aromatic carbocycles. The lowest BCUT2D eigenvalue weighted by Gasteiger charge is -2.24. The maximum atomic E-state index is 12.5. The van der Waals surface area contributed by atoms with E-state index in [1.165, 1.54) is 0 Å². The molecule has 1 aromatic rings. The highest BCUT2D eigenvalue weighted by Crippen LogP contribution is 2.09. The number of amides is 2. The molecule has 0 saturated heterocycles. The largest absolute Gasteiger partial charge is 0.480 e. The molecule has 0 aliphatic rings. The van der Waals surface area contributed by atoms with Gasteiger partial charge >= 0.3 is 5.97 Å². The van der Waals surface area contributed by atoms with E-state index < -0.39 is 29.9 Å². The van der Waals surface area contributed by atoms with Crippen LogP contribution in [0.2, 0.25) is 0 Å². The van der Waals surface area contributed by atoms with Crippen LogP contribution in [0.3, 0.4) is 0 Å². The molecule has 7 heteroatoms. The minimum absolute atomic E-state index is 0.228. The fourth-order valence-electron chi connectivity index (χ4n) is 2.25. The summed E-state index contributed by atoms with van der Waals surface area (Å²) >= 11 is 0. The van der Waals surface area contributed by atoms with Crippen molar-refractivity contribution in [1.29, 1.82) is 0 Å². The van der Waals surface area contributed by atoms with Crippen molar-refractivity contribution in [3.05, 3.63) is 35.9 Å². The van der Waals surface area contributed by atoms with Crippen LogP contribution in [0.15, 0.2) is 30.3 Å². The first-order valence-corrected chi connectivity index (χ1v) is 7.95. The lowest BCUT2D eigenvalue weighted by atomic mass is 9.98. The Labute approximate surface area is 141 Å². The molecule has 0 heterocycles. The maximum Gasteiger partial charge on any atom is 0.326 e. The van der Waals surface area contributed by atoms with Gasteiger partial charge in [0.25, 0.3) is 0 Å². The van der Waals surface area contributed by atoms with Gasteiger partial charge in [0.15, 0.2) is 0 Å². The number of carbonyl (C=O) groups excluding carboxylic acids is 2. The maximum absolute atomic E-state index is 12.5. The second-order valence-corrected chi connectivity index (χ2v) is 5.72. The molecular formula is C17H25N3O4. The van der Waals surface area contributed by atoms with E-state index >= 15 is 0 Å². The van der Waals surface area contributed by atoms with Crippen LogP contribution in [0.1, 0.15) is 25.8 Å². The van der Waals surface area contributed by atoms with E-state index in [4.69, 9.17) is 5.73 Å². The van der Waals surface area contributed by atoms with Crippen molar-refractivity contribution in [2.75, 3.05) is 6.54 Å². The predicted octanol–water partition coefficient (Wildman–Crippen LogP) is 0.288. The number of nitrogens with two attached hydrogens (primary N) is 1. The summed E-state index contributed by atoms with van der Waals surface area (Å²) in [5.74, 6) is -2.33. The zero-order valence-corrected chi connectivity index (χ0v) is 14.0. The molecule has 1 unspecified atom stereocenters. The molecule has 0 fully saturated rings. The van der Waals surface area contributed by atoms with Crippen LogP contribution in [-0.4, -0.2) is 41.5 Å². The first-order chi connectivity index (χ1) is 11.4. The van der Waals surface area contributed by atoms with Crippen LogP contribution in [0.25, 0.3) is 0 Å². The van der Waals surface area contributed by atoms with E-state index in [9.17, 15) is 19.5 Å². The highest BCUT2D eigenvalue weighted by molar-refractivity contribution is 5.91. The standard InChI is InChI=1S/C17H25N3O4/c1-3-11(2)15(17(23)24)20-16(22)13(19-14(21)10-18)9-12-7-5-4-6-8-12/h4-8,11,13,15H,3,9-10,18H2,1-2H3,(H,19,21)(H,20,22)(H,23,24)/t11?,13-,15-/m0/s1. The summed E-state index contributed by atoms with van der Waals surface area (Å²) in [6.45, 7) is 3.36. The van der Waals surface area contributed by atoms with E-state index in [0.717, 1.165) is 5.56 Å². The molecule has 1 rings (SSSR count). The molecule has 2 amide bonds. The first-order valence-electron chi connectivity index (χ1n) is 7.95. The number of carboxylic acid groups (broad SMARTS) is 1. The monoisotopic (exact) mass is 335 g/mol. The Morgan fingerprint density at radius 3 is 2.29 bits per heavy atom. The van der Waals surface area contributed by atoms with Gasteiger partial charge in [0.1, 0.15) is 12.1 Å². The van der Waals surface area contributed by atoms with Crippen molar-refractivity contribution in [3.8, 4) is 0 Å². The number of rotatable bonds is 9. The molecule has 0 aliphatic carbocycles. The molecule has 0 saturated carbocycles. The Balaban J connectivity index is 2.89. The number of benzene rings is 1. The van der Waals surface area contributed by atoms with Crippen LogP contribution >= 0.6 is 0 Å². The fraction of sp³-hybridized carbons (Fsp3) is 0.471. The molecule has 7 nitrogen and oxygen atoms in total. The number of nitrogens with one attached hydrogen (secondary N) is 2. The molecule has 132 valence electrons. The molecule has 0 bridgehead atoms. The van der Waals surface area contributed by atoms with Gasteiger partial charge in [-0.1, -0.05) is 50.6 Å². The minimum Gasteiger partial charge on any atom is -0.480 e. The molecule has 0 radical (unpaired) electrons. The molecule has 0 spiro atoms. The van der Waals surface area contributed by atoms with Crippen LogP contribution in [0, 0.1) is 5.92 Å². The van der Waals surface area contributed by atoms with Crippen LogP contribution in [0.4, 0.5) is 0 Å². The van der Waals surface area contributed by atoms with Crippen molar-refractivity contribution >= 4 is 17.8 Å². The minimum atomic E-state index is -1.10. The topological polar surface area (TPSA) is 122 Å². The Morgan fingerprint density at radius 2 is 1.79 bits per heavy atom. The summed E-state index contributed by atoms with van der Waals surface area (Å²) in [6.07, 6.45) is 0.862. The Bertz CT molecular complexity index is 562. The number of hydrogen-bond donors (Lipinski definition) is 4. The average molecular weight is 335 g/mol. The summed E-state index contributed by atoms with van der Waals surface area (Å²) in [7, 11) is 0. The number of hydrogen-bond acceptors (Lipinski definition) is 4. The molecule has 0 aromatic heterocycles. The van der Waals surface area contributed by atoms with E-state index in [1.807, 2.05) is 37.3 Å². The summed E-state index contributed by atoms with van der Waals surface area (Å²) in [6, 6.07) is 7.28. The van der Waals surface area contributed by atoms with Gasteiger partial charge in [0.2, 0.25) is 11.8 Å². The Hall–Kier alpha value is -2.41. The Morgan fingerprint density at radius 1 is 1.17 bits per heavy atom. The second-order valence-electron chi connectivity index (χ2n) is 5.72. The summed E-state index contributed by atoms with van der Waals surface area (Å²) in [5.41, 5.74) is 6.15. The number of carbonyl (C=O) groups is 3. The fourth-order valence-corrected chi connectivity index (χ4v) is 2.25. The zero-order valence-electron chi connectivity index (χ0n) is 14.0. The van der Waals surface area contributed by atoms with Gasteiger partial charge in [0.05, 0.1) is 6.54 Å². The number of aliphatic carboxylic acids is 1. The lowest BCUT2D eigenvalue weighted by molar-refractivity contribution is -0.143. The quantitative estimate of drug-likeness (QED) is 0.517. The zero-order chi connectivity index (χ0) is 18.1. The van der Waals surface area contributed by atoms with Crippen LogP contribution in [-0.2, 0) is 20.8 Å². The van der Waals surface area contributed by atoms with Crippen molar-refractivity contribution in [3.63, 3.8) is 0 Å². The van der Waals surface area contributed by atoms with Crippen molar-refractivity contribution < 1.29 is 19.5 Å². The van der Waals surface area contributed by atoms with E-state index in [2.05, 4.69) is 10.6 Å². The first kappa shape index (κ1) is 19.6. The van der Waals surface area contributed by atoms with Crippen LogP contribution in [0.5, 0.6) is 0 Å². The second kappa shape index (κ2) is 9.67. The molecule has 24 heavy (non-hydrogen) atoms.